The van der Waals surface area contributed by atoms with Crippen LogP contribution >= 0.6 is 11.6 Å². The first-order valence-electron chi connectivity index (χ1n) is 8.60. The third-order valence-corrected chi connectivity index (χ3v) is 4.63. The summed E-state index contributed by atoms with van der Waals surface area (Å²) in [5, 5.41) is 21.6. The maximum Gasteiger partial charge on any atom is 0.311 e. The van der Waals surface area contributed by atoms with E-state index in [2.05, 4.69) is 9.98 Å². The van der Waals surface area contributed by atoms with Crippen molar-refractivity contribution in [3.8, 4) is 17.2 Å². The van der Waals surface area contributed by atoms with E-state index in [-0.39, 0.29) is 11.3 Å². The Hall–Kier alpha value is -3.71. The van der Waals surface area contributed by atoms with Crippen molar-refractivity contribution >= 4 is 40.3 Å². The molecule has 4 rings (SSSR count). The van der Waals surface area contributed by atoms with Crippen LogP contribution in [0, 0.1) is 17.0 Å². The Morgan fingerprint density at radius 1 is 1.21 bits per heavy atom. The van der Waals surface area contributed by atoms with Gasteiger partial charge in [-0.3, -0.25) is 15.1 Å². The minimum atomic E-state index is -0.641. The molecule has 1 heterocycles. The standard InChI is InChI=1S/C21H14ClN3O4/c1-12-5-6-13(21-24-17-10-15(22)7-8-19(17)29-21)9-16(12)23-11-14-3-2-4-18(20(14)26)25(27)28/h2-11,26H,1H3. The molecule has 0 saturated carbocycles. The molecule has 0 unspecified atom stereocenters. The number of phenols is 1. The molecule has 0 amide bonds. The van der Waals surface area contributed by atoms with Gasteiger partial charge >= 0.3 is 5.69 Å². The van der Waals surface area contributed by atoms with Crippen molar-refractivity contribution in [2.45, 2.75) is 6.92 Å². The summed E-state index contributed by atoms with van der Waals surface area (Å²) in [4.78, 5) is 19.2. The molecule has 0 aliphatic rings. The van der Waals surface area contributed by atoms with Crippen LogP contribution in [0.3, 0.4) is 0 Å². The van der Waals surface area contributed by atoms with Crippen LogP contribution in [-0.2, 0) is 0 Å². The van der Waals surface area contributed by atoms with Crippen molar-refractivity contribution in [3.05, 3.63) is 80.9 Å². The van der Waals surface area contributed by atoms with Gasteiger partial charge in [-0.1, -0.05) is 23.7 Å². The number of benzene rings is 3. The summed E-state index contributed by atoms with van der Waals surface area (Å²) in [5.74, 6) is 0.00259. The molecule has 0 radical (unpaired) electrons. The molecule has 0 bridgehead atoms. The Balaban J connectivity index is 1.71. The largest absolute Gasteiger partial charge is 0.502 e. The monoisotopic (exact) mass is 407 g/mol. The minimum Gasteiger partial charge on any atom is -0.502 e. The highest BCUT2D eigenvalue weighted by Crippen LogP contribution is 2.31. The summed E-state index contributed by atoms with van der Waals surface area (Å²) >= 11 is 6.00. The van der Waals surface area contributed by atoms with Gasteiger partial charge in [0.1, 0.15) is 5.52 Å². The number of nitro groups is 1. The normalized spacial score (nSPS) is 11.4. The Bertz CT molecular complexity index is 1280. The zero-order chi connectivity index (χ0) is 20.5. The van der Waals surface area contributed by atoms with Crippen molar-refractivity contribution in [1.29, 1.82) is 0 Å². The van der Waals surface area contributed by atoms with Crippen molar-refractivity contribution < 1.29 is 14.4 Å². The molecule has 0 saturated heterocycles. The molecule has 0 fully saturated rings. The summed E-state index contributed by atoms with van der Waals surface area (Å²) < 4.78 is 5.79. The Morgan fingerprint density at radius 3 is 2.83 bits per heavy atom. The van der Waals surface area contributed by atoms with E-state index in [1.165, 1.54) is 18.3 Å². The summed E-state index contributed by atoms with van der Waals surface area (Å²) in [6.07, 6.45) is 1.39. The number of oxazole rings is 1. The fraction of sp³-hybridized carbons (Fsp3) is 0.0476. The van der Waals surface area contributed by atoms with E-state index < -0.39 is 10.7 Å². The third kappa shape index (κ3) is 3.68. The summed E-state index contributed by atoms with van der Waals surface area (Å²) in [6, 6.07) is 15.0. The van der Waals surface area contributed by atoms with Crippen molar-refractivity contribution in [1.82, 2.24) is 4.98 Å². The van der Waals surface area contributed by atoms with Crippen LogP contribution in [0.1, 0.15) is 11.1 Å². The van der Waals surface area contributed by atoms with E-state index in [0.29, 0.717) is 27.7 Å². The second-order valence-corrected chi connectivity index (χ2v) is 6.80. The third-order valence-electron chi connectivity index (χ3n) is 4.39. The van der Waals surface area contributed by atoms with Gasteiger partial charge < -0.3 is 9.52 Å². The predicted molar refractivity (Wildman–Crippen MR) is 111 cm³/mol. The van der Waals surface area contributed by atoms with E-state index in [1.807, 2.05) is 19.1 Å². The average Bonchev–Trinajstić information content (AvgIpc) is 3.11. The van der Waals surface area contributed by atoms with Crippen molar-refractivity contribution in [2.24, 2.45) is 4.99 Å². The number of aromatic hydroxyl groups is 1. The number of hydrogen-bond donors (Lipinski definition) is 1. The highest BCUT2D eigenvalue weighted by Gasteiger charge is 2.15. The molecule has 0 atom stereocenters. The van der Waals surface area contributed by atoms with Crippen LogP contribution in [-0.4, -0.2) is 21.2 Å². The Labute approximate surface area is 170 Å². The highest BCUT2D eigenvalue weighted by atomic mass is 35.5. The molecular formula is C21H14ClN3O4. The summed E-state index contributed by atoms with van der Waals surface area (Å²) in [5.41, 5.74) is 3.38. The zero-order valence-corrected chi connectivity index (χ0v) is 15.9. The summed E-state index contributed by atoms with van der Waals surface area (Å²) in [7, 11) is 0. The SMILES string of the molecule is Cc1ccc(-c2nc3cc(Cl)ccc3o2)cc1N=Cc1cccc([N+](=O)[O-])c1O. The van der Waals surface area contributed by atoms with Gasteiger partial charge in [0.2, 0.25) is 11.6 Å². The van der Waals surface area contributed by atoms with E-state index in [4.69, 9.17) is 16.0 Å². The molecule has 0 spiro atoms. The van der Waals surface area contributed by atoms with Gasteiger partial charge in [-0.2, -0.15) is 0 Å². The Kier molecular flexibility index (Phi) is 4.74. The van der Waals surface area contributed by atoms with Crippen LogP contribution in [0.5, 0.6) is 5.75 Å². The van der Waals surface area contributed by atoms with E-state index >= 15 is 0 Å². The highest BCUT2D eigenvalue weighted by molar-refractivity contribution is 6.31. The molecule has 0 aliphatic heterocycles. The molecule has 8 heteroatoms. The number of aryl methyl sites for hydroxylation is 1. The second-order valence-electron chi connectivity index (χ2n) is 6.36. The molecule has 1 N–H and O–H groups in total. The van der Waals surface area contributed by atoms with E-state index in [1.54, 1.807) is 30.3 Å². The molecule has 4 aromatic rings. The van der Waals surface area contributed by atoms with E-state index in [9.17, 15) is 15.2 Å². The number of nitro benzene ring substituents is 1. The quantitative estimate of drug-likeness (QED) is 0.261. The maximum atomic E-state index is 11.0. The van der Waals surface area contributed by atoms with Gasteiger partial charge in [0.15, 0.2) is 5.58 Å². The first kappa shape index (κ1) is 18.6. The van der Waals surface area contributed by atoms with Crippen LogP contribution < -0.4 is 0 Å². The topological polar surface area (TPSA) is 102 Å². The lowest BCUT2D eigenvalue weighted by molar-refractivity contribution is -0.385. The lowest BCUT2D eigenvalue weighted by atomic mass is 10.1. The van der Waals surface area contributed by atoms with Gasteiger partial charge in [0.25, 0.3) is 0 Å². The van der Waals surface area contributed by atoms with Gasteiger partial charge in [-0.05, 0) is 48.9 Å². The number of aliphatic imine (C=N–C) groups is 1. The number of hydrogen-bond acceptors (Lipinski definition) is 6. The fourth-order valence-electron chi connectivity index (χ4n) is 2.84. The van der Waals surface area contributed by atoms with Crippen LogP contribution in [0.25, 0.3) is 22.6 Å². The van der Waals surface area contributed by atoms with Crippen LogP contribution in [0.15, 0.2) is 64.0 Å². The smallest absolute Gasteiger partial charge is 0.311 e. The number of aromatic nitrogens is 1. The molecule has 144 valence electrons. The van der Waals surface area contributed by atoms with Crippen molar-refractivity contribution in [3.63, 3.8) is 0 Å². The lowest BCUT2D eigenvalue weighted by Crippen LogP contribution is -1.91. The second kappa shape index (κ2) is 7.37. The number of halogens is 1. The minimum absolute atomic E-state index is 0.250. The average molecular weight is 408 g/mol. The fourth-order valence-corrected chi connectivity index (χ4v) is 3.01. The first-order valence-corrected chi connectivity index (χ1v) is 8.98. The molecule has 1 aromatic heterocycles. The predicted octanol–water partition coefficient (Wildman–Crippen LogP) is 5.82. The molecule has 0 aliphatic carbocycles. The van der Waals surface area contributed by atoms with Gasteiger partial charge in [0, 0.05) is 28.4 Å². The molecule has 7 nitrogen and oxygen atoms in total. The number of phenolic OH excluding ortho intramolecular Hbond substituents is 1. The van der Waals surface area contributed by atoms with E-state index in [0.717, 1.165) is 11.1 Å². The molecule has 29 heavy (non-hydrogen) atoms. The maximum absolute atomic E-state index is 11.0. The number of rotatable bonds is 4. The number of nitrogens with zero attached hydrogens (tertiary/aromatic N) is 3. The van der Waals surface area contributed by atoms with Gasteiger partial charge in [0.05, 0.1) is 10.6 Å². The number of fused-ring (bicyclic) bond motifs is 1. The van der Waals surface area contributed by atoms with Gasteiger partial charge in [-0.15, -0.1) is 0 Å². The van der Waals surface area contributed by atoms with Crippen molar-refractivity contribution in [2.75, 3.05) is 0 Å². The lowest BCUT2D eigenvalue weighted by Gasteiger charge is -2.03. The first-order chi connectivity index (χ1) is 13.9. The van der Waals surface area contributed by atoms with Crippen LogP contribution in [0.4, 0.5) is 11.4 Å². The molecule has 3 aromatic carbocycles. The summed E-state index contributed by atoms with van der Waals surface area (Å²) in [6.45, 7) is 1.88. The zero-order valence-electron chi connectivity index (χ0n) is 15.2. The van der Waals surface area contributed by atoms with Gasteiger partial charge in [-0.25, -0.2) is 4.98 Å². The number of para-hydroxylation sites is 1. The van der Waals surface area contributed by atoms with Crippen LogP contribution in [0.2, 0.25) is 5.02 Å². The molecular weight excluding hydrogens is 394 g/mol. The Morgan fingerprint density at radius 2 is 2.03 bits per heavy atom.